The van der Waals surface area contributed by atoms with E-state index in [2.05, 4.69) is 63.4 Å². The summed E-state index contributed by atoms with van der Waals surface area (Å²) in [5.74, 6) is 1.43. The number of rotatable bonds is 11. The number of thioether (sulfide) groups is 1. The number of halogens is 1. The van der Waals surface area contributed by atoms with Gasteiger partial charge in [-0.2, -0.15) is 0 Å². The van der Waals surface area contributed by atoms with Crippen LogP contribution in [0.5, 0.6) is 0 Å². The third-order valence-corrected chi connectivity index (χ3v) is 6.66. The summed E-state index contributed by atoms with van der Waals surface area (Å²) in [6, 6.07) is 24.8. The lowest BCUT2D eigenvalue weighted by Crippen LogP contribution is -2.22. The zero-order chi connectivity index (χ0) is 24.5. The Bertz CT molecular complexity index is 1220. The van der Waals surface area contributed by atoms with Crippen molar-refractivity contribution < 1.29 is 9.18 Å². The maximum absolute atomic E-state index is 13.0. The van der Waals surface area contributed by atoms with Gasteiger partial charge in [-0.25, -0.2) is 4.39 Å². The fourth-order valence-electron chi connectivity index (χ4n) is 3.68. The van der Waals surface area contributed by atoms with E-state index in [1.807, 2.05) is 18.2 Å². The second-order valence-corrected chi connectivity index (χ2v) is 9.40. The number of benzene rings is 3. The Labute approximate surface area is 209 Å². The smallest absolute Gasteiger partial charge is 0.220 e. The number of carbonyl (C=O) groups is 1. The second kappa shape index (κ2) is 12.3. The van der Waals surface area contributed by atoms with Crippen LogP contribution in [0.4, 0.5) is 4.39 Å². The van der Waals surface area contributed by atoms with Gasteiger partial charge >= 0.3 is 0 Å². The molecule has 0 bridgehead atoms. The van der Waals surface area contributed by atoms with Gasteiger partial charge in [-0.15, -0.1) is 10.2 Å². The van der Waals surface area contributed by atoms with Gasteiger partial charge in [0.15, 0.2) is 5.16 Å². The van der Waals surface area contributed by atoms with E-state index in [1.165, 1.54) is 23.3 Å². The van der Waals surface area contributed by atoms with Crippen molar-refractivity contribution in [3.8, 4) is 5.69 Å². The largest absolute Gasteiger partial charge is 0.352 e. The minimum absolute atomic E-state index is 0.00630. The summed E-state index contributed by atoms with van der Waals surface area (Å²) in [4.78, 5) is 12.2. The van der Waals surface area contributed by atoms with Crippen LogP contribution in [0.3, 0.4) is 0 Å². The highest BCUT2D eigenvalue weighted by Gasteiger charge is 2.15. The summed E-state index contributed by atoms with van der Waals surface area (Å²) >= 11 is 1.67. The predicted octanol–water partition coefficient (Wildman–Crippen LogP) is 6.04. The normalized spacial score (nSPS) is 10.9. The number of carbonyl (C=O) groups excluding carboxylic acids is 1. The molecule has 4 aromatic rings. The van der Waals surface area contributed by atoms with E-state index in [4.69, 9.17) is 0 Å². The lowest BCUT2D eigenvalue weighted by atomic mass is 10.1. The third kappa shape index (κ3) is 7.26. The Balaban J connectivity index is 1.32. The monoisotopic (exact) mass is 488 g/mol. The molecule has 5 nitrogen and oxygen atoms in total. The van der Waals surface area contributed by atoms with E-state index in [1.54, 1.807) is 23.9 Å². The zero-order valence-corrected chi connectivity index (χ0v) is 20.6. The van der Waals surface area contributed by atoms with Crippen molar-refractivity contribution >= 4 is 17.7 Å². The van der Waals surface area contributed by atoms with Gasteiger partial charge in [-0.3, -0.25) is 9.36 Å². The molecule has 0 spiro atoms. The predicted molar refractivity (Wildman–Crippen MR) is 138 cm³/mol. The van der Waals surface area contributed by atoms with Gasteiger partial charge in [0.25, 0.3) is 0 Å². The van der Waals surface area contributed by atoms with Crippen LogP contribution in [0.1, 0.15) is 41.8 Å². The van der Waals surface area contributed by atoms with Crippen molar-refractivity contribution in [3.63, 3.8) is 0 Å². The molecule has 0 fully saturated rings. The number of aromatic nitrogens is 3. The van der Waals surface area contributed by atoms with E-state index < -0.39 is 0 Å². The SMILES string of the molecule is Cc1ccc(CSc2nnc(CCCCC(=O)NCc3ccc(F)cc3)n2-c2ccccc2)cc1. The van der Waals surface area contributed by atoms with Crippen LogP contribution in [0.25, 0.3) is 5.69 Å². The van der Waals surface area contributed by atoms with E-state index in [0.717, 1.165) is 47.2 Å². The number of para-hydroxylation sites is 1. The lowest BCUT2D eigenvalue weighted by molar-refractivity contribution is -0.121. The lowest BCUT2D eigenvalue weighted by Gasteiger charge is -2.10. The molecule has 0 atom stereocenters. The molecule has 0 radical (unpaired) electrons. The Morgan fingerprint density at radius 2 is 1.63 bits per heavy atom. The molecule has 3 aromatic carbocycles. The molecule has 1 aromatic heterocycles. The molecule has 4 rings (SSSR count). The van der Waals surface area contributed by atoms with Crippen LogP contribution < -0.4 is 5.32 Å². The summed E-state index contributed by atoms with van der Waals surface area (Å²) in [5, 5.41) is 12.7. The molecule has 0 saturated carbocycles. The number of amides is 1. The summed E-state index contributed by atoms with van der Waals surface area (Å²) in [7, 11) is 0. The number of aryl methyl sites for hydroxylation is 2. The average molecular weight is 489 g/mol. The fraction of sp³-hybridized carbons (Fsp3) is 0.250. The first-order valence-electron chi connectivity index (χ1n) is 11.8. The average Bonchev–Trinajstić information content (AvgIpc) is 3.29. The zero-order valence-electron chi connectivity index (χ0n) is 19.8. The minimum atomic E-state index is -0.278. The highest BCUT2D eigenvalue weighted by Crippen LogP contribution is 2.26. The second-order valence-electron chi connectivity index (χ2n) is 8.45. The Kier molecular flexibility index (Phi) is 8.68. The van der Waals surface area contributed by atoms with Gasteiger partial charge in [-0.05, 0) is 55.2 Å². The van der Waals surface area contributed by atoms with Gasteiger partial charge in [0.05, 0.1) is 0 Å². The minimum Gasteiger partial charge on any atom is -0.352 e. The van der Waals surface area contributed by atoms with E-state index in [9.17, 15) is 9.18 Å². The molecule has 180 valence electrons. The molecule has 0 unspecified atom stereocenters. The van der Waals surface area contributed by atoms with Crippen molar-refractivity contribution in [1.82, 2.24) is 20.1 Å². The number of nitrogens with zero attached hydrogens (tertiary/aromatic N) is 3. The van der Waals surface area contributed by atoms with Crippen molar-refractivity contribution in [1.29, 1.82) is 0 Å². The van der Waals surface area contributed by atoms with Crippen molar-refractivity contribution in [2.75, 3.05) is 0 Å². The molecule has 0 aliphatic rings. The third-order valence-electron chi connectivity index (χ3n) is 5.66. The van der Waals surface area contributed by atoms with Crippen LogP contribution >= 0.6 is 11.8 Å². The molecule has 1 amide bonds. The molecule has 7 heteroatoms. The Morgan fingerprint density at radius 3 is 2.37 bits per heavy atom. The fourth-order valence-corrected chi connectivity index (χ4v) is 4.61. The van der Waals surface area contributed by atoms with E-state index in [-0.39, 0.29) is 11.7 Å². The Hall–Kier alpha value is -3.45. The molecular formula is C28H29FN4OS. The number of unbranched alkanes of at least 4 members (excludes halogenated alkanes) is 1. The van der Waals surface area contributed by atoms with Gasteiger partial charge in [0.1, 0.15) is 11.6 Å². The van der Waals surface area contributed by atoms with Crippen LogP contribution in [0.15, 0.2) is 84.0 Å². The molecule has 0 aliphatic heterocycles. The molecule has 1 heterocycles. The first-order chi connectivity index (χ1) is 17.1. The molecule has 1 N–H and O–H groups in total. The van der Waals surface area contributed by atoms with Crippen LogP contribution in [0.2, 0.25) is 0 Å². The van der Waals surface area contributed by atoms with E-state index >= 15 is 0 Å². The molecule has 0 aliphatic carbocycles. The summed E-state index contributed by atoms with van der Waals surface area (Å²) in [6.45, 7) is 2.49. The highest BCUT2D eigenvalue weighted by molar-refractivity contribution is 7.98. The summed E-state index contributed by atoms with van der Waals surface area (Å²) < 4.78 is 15.1. The van der Waals surface area contributed by atoms with Crippen molar-refractivity contribution in [2.24, 2.45) is 0 Å². The standard InChI is InChI=1S/C28H29FN4OS/c1-21-11-13-23(14-12-21)20-35-28-32-31-26(33(28)25-7-3-2-4-8-25)9-5-6-10-27(34)30-19-22-15-17-24(29)18-16-22/h2-4,7-8,11-18H,5-6,9-10,19-20H2,1H3,(H,30,34). The number of hydrogen-bond donors (Lipinski definition) is 1. The molecule has 0 saturated heterocycles. The van der Waals surface area contributed by atoms with Crippen LogP contribution in [0, 0.1) is 12.7 Å². The van der Waals surface area contributed by atoms with Crippen molar-refractivity contribution in [2.45, 2.75) is 50.1 Å². The first-order valence-corrected chi connectivity index (χ1v) is 12.8. The van der Waals surface area contributed by atoms with Crippen LogP contribution in [-0.2, 0) is 23.5 Å². The quantitative estimate of drug-likeness (QED) is 0.207. The topological polar surface area (TPSA) is 59.8 Å². The highest BCUT2D eigenvalue weighted by atomic mass is 32.2. The Morgan fingerprint density at radius 1 is 0.914 bits per heavy atom. The summed E-state index contributed by atoms with van der Waals surface area (Å²) in [5.41, 5.74) is 4.41. The van der Waals surface area contributed by atoms with Gasteiger partial charge in [0, 0.05) is 30.8 Å². The van der Waals surface area contributed by atoms with Gasteiger partial charge in [0.2, 0.25) is 5.91 Å². The molecular weight excluding hydrogens is 459 g/mol. The van der Waals surface area contributed by atoms with Gasteiger partial charge < -0.3 is 5.32 Å². The number of nitrogens with one attached hydrogen (secondary N) is 1. The van der Waals surface area contributed by atoms with Crippen molar-refractivity contribution in [3.05, 3.63) is 107 Å². The maximum atomic E-state index is 13.0. The number of hydrogen-bond acceptors (Lipinski definition) is 4. The van der Waals surface area contributed by atoms with Gasteiger partial charge in [-0.1, -0.05) is 71.9 Å². The first kappa shape index (κ1) is 24.7. The van der Waals surface area contributed by atoms with Crippen LogP contribution in [-0.4, -0.2) is 20.7 Å². The maximum Gasteiger partial charge on any atom is 0.220 e. The molecule has 35 heavy (non-hydrogen) atoms. The summed E-state index contributed by atoms with van der Waals surface area (Å²) in [6.07, 6.45) is 2.76. The van der Waals surface area contributed by atoms with E-state index in [0.29, 0.717) is 13.0 Å².